The SMILES string of the molecule is O=C(C1CC(=O)N(C2CC2)C1)N1CCN(C(=O)C2CCCO2)CC1. The van der Waals surface area contributed by atoms with Crippen molar-refractivity contribution in [3.8, 4) is 0 Å². The lowest BCUT2D eigenvalue weighted by Crippen LogP contribution is -2.54. The van der Waals surface area contributed by atoms with Crippen LogP contribution in [0.1, 0.15) is 32.1 Å². The number of nitrogens with zero attached hydrogens (tertiary/aromatic N) is 3. The smallest absolute Gasteiger partial charge is 0.251 e. The Labute approximate surface area is 141 Å². The van der Waals surface area contributed by atoms with Gasteiger partial charge >= 0.3 is 0 Å². The van der Waals surface area contributed by atoms with E-state index in [0.29, 0.717) is 51.8 Å². The highest BCUT2D eigenvalue weighted by molar-refractivity contribution is 5.90. The van der Waals surface area contributed by atoms with Crippen molar-refractivity contribution >= 4 is 17.7 Å². The van der Waals surface area contributed by atoms with E-state index < -0.39 is 0 Å². The molecular weight excluding hydrogens is 310 g/mol. The quantitative estimate of drug-likeness (QED) is 0.719. The molecule has 4 aliphatic rings. The van der Waals surface area contributed by atoms with Gasteiger partial charge in [-0.2, -0.15) is 0 Å². The normalized spacial score (nSPS) is 31.0. The summed E-state index contributed by atoms with van der Waals surface area (Å²) in [5, 5.41) is 0. The van der Waals surface area contributed by atoms with Crippen molar-refractivity contribution in [2.24, 2.45) is 5.92 Å². The number of amides is 3. The van der Waals surface area contributed by atoms with Gasteiger partial charge in [-0.25, -0.2) is 0 Å². The Morgan fingerprint density at radius 3 is 2.21 bits per heavy atom. The summed E-state index contributed by atoms with van der Waals surface area (Å²) in [6.45, 7) is 3.51. The van der Waals surface area contributed by atoms with Gasteiger partial charge in [0, 0.05) is 51.8 Å². The van der Waals surface area contributed by atoms with Gasteiger partial charge < -0.3 is 19.4 Å². The van der Waals surface area contributed by atoms with E-state index in [0.717, 1.165) is 25.7 Å². The number of ether oxygens (including phenoxy) is 1. The minimum Gasteiger partial charge on any atom is -0.368 e. The molecular formula is C17H25N3O4. The molecule has 2 unspecified atom stereocenters. The Balaban J connectivity index is 1.28. The molecule has 3 saturated heterocycles. The fraction of sp³-hybridized carbons (Fsp3) is 0.824. The van der Waals surface area contributed by atoms with E-state index in [1.807, 2.05) is 14.7 Å². The molecule has 3 aliphatic heterocycles. The molecule has 0 bridgehead atoms. The van der Waals surface area contributed by atoms with E-state index in [1.165, 1.54) is 0 Å². The van der Waals surface area contributed by atoms with Gasteiger partial charge in [0.15, 0.2) is 0 Å². The average molecular weight is 335 g/mol. The molecule has 24 heavy (non-hydrogen) atoms. The summed E-state index contributed by atoms with van der Waals surface area (Å²) in [5.41, 5.74) is 0. The van der Waals surface area contributed by atoms with Gasteiger partial charge in [0.1, 0.15) is 6.10 Å². The van der Waals surface area contributed by atoms with E-state index in [-0.39, 0.29) is 29.7 Å². The van der Waals surface area contributed by atoms with E-state index in [9.17, 15) is 14.4 Å². The van der Waals surface area contributed by atoms with Crippen LogP contribution in [0.5, 0.6) is 0 Å². The maximum Gasteiger partial charge on any atom is 0.251 e. The fourth-order valence-electron chi connectivity index (χ4n) is 4.02. The fourth-order valence-corrected chi connectivity index (χ4v) is 4.02. The third-order valence-corrected chi connectivity index (χ3v) is 5.60. The first-order valence-corrected chi connectivity index (χ1v) is 9.12. The summed E-state index contributed by atoms with van der Waals surface area (Å²) < 4.78 is 5.46. The predicted molar refractivity (Wildman–Crippen MR) is 85.0 cm³/mol. The van der Waals surface area contributed by atoms with Crippen molar-refractivity contribution < 1.29 is 19.1 Å². The zero-order valence-electron chi connectivity index (χ0n) is 14.0. The van der Waals surface area contributed by atoms with Crippen LogP contribution in [-0.4, -0.2) is 83.9 Å². The highest BCUT2D eigenvalue weighted by Crippen LogP contribution is 2.33. The number of rotatable bonds is 3. The maximum atomic E-state index is 12.7. The van der Waals surface area contributed by atoms with Crippen molar-refractivity contribution in [3.63, 3.8) is 0 Å². The number of carbonyl (C=O) groups is 3. The molecule has 0 aromatic rings. The van der Waals surface area contributed by atoms with Gasteiger partial charge in [-0.1, -0.05) is 0 Å². The van der Waals surface area contributed by atoms with Gasteiger partial charge in [0.2, 0.25) is 11.8 Å². The zero-order valence-corrected chi connectivity index (χ0v) is 14.0. The zero-order chi connectivity index (χ0) is 16.7. The molecule has 7 heteroatoms. The average Bonchev–Trinajstić information content (AvgIpc) is 3.15. The molecule has 1 aliphatic carbocycles. The van der Waals surface area contributed by atoms with Crippen LogP contribution >= 0.6 is 0 Å². The number of carbonyl (C=O) groups excluding carboxylic acids is 3. The van der Waals surface area contributed by atoms with Crippen LogP contribution < -0.4 is 0 Å². The summed E-state index contributed by atoms with van der Waals surface area (Å²) in [7, 11) is 0. The summed E-state index contributed by atoms with van der Waals surface area (Å²) >= 11 is 0. The van der Waals surface area contributed by atoms with Crippen LogP contribution in [0, 0.1) is 5.92 Å². The molecule has 0 spiro atoms. The van der Waals surface area contributed by atoms with Crippen LogP contribution in [0.3, 0.4) is 0 Å². The van der Waals surface area contributed by atoms with E-state index in [1.54, 1.807) is 0 Å². The summed E-state index contributed by atoms with van der Waals surface area (Å²) in [4.78, 5) is 42.6. The lowest BCUT2D eigenvalue weighted by molar-refractivity contribution is -0.147. The number of piperazine rings is 1. The van der Waals surface area contributed by atoms with Crippen LogP contribution in [0.4, 0.5) is 0 Å². The standard InChI is InChI=1S/C17H25N3O4/c21-15-10-12(11-20(15)13-3-4-13)16(22)18-5-7-19(8-6-18)17(23)14-2-1-9-24-14/h12-14H,1-11H2. The van der Waals surface area contributed by atoms with E-state index >= 15 is 0 Å². The van der Waals surface area contributed by atoms with Gasteiger partial charge in [-0.3, -0.25) is 14.4 Å². The van der Waals surface area contributed by atoms with Crippen molar-refractivity contribution in [3.05, 3.63) is 0 Å². The summed E-state index contributed by atoms with van der Waals surface area (Å²) in [6, 6.07) is 0.385. The summed E-state index contributed by atoms with van der Waals surface area (Å²) in [6.07, 6.45) is 3.98. The molecule has 3 amide bonds. The number of hydrogen-bond donors (Lipinski definition) is 0. The first kappa shape index (κ1) is 15.9. The minimum absolute atomic E-state index is 0.0653. The monoisotopic (exact) mass is 335 g/mol. The molecule has 0 aromatic heterocycles. The Hall–Kier alpha value is -1.63. The van der Waals surface area contributed by atoms with Crippen molar-refractivity contribution in [2.45, 2.75) is 44.2 Å². The van der Waals surface area contributed by atoms with Gasteiger partial charge in [0.05, 0.1) is 5.92 Å². The second-order valence-corrected chi connectivity index (χ2v) is 7.33. The van der Waals surface area contributed by atoms with Crippen molar-refractivity contribution in [1.29, 1.82) is 0 Å². The van der Waals surface area contributed by atoms with Crippen molar-refractivity contribution in [2.75, 3.05) is 39.3 Å². The van der Waals surface area contributed by atoms with Gasteiger partial charge in [0.25, 0.3) is 5.91 Å². The number of hydrogen-bond acceptors (Lipinski definition) is 4. The Kier molecular flexibility index (Phi) is 4.20. The highest BCUT2D eigenvalue weighted by Gasteiger charge is 2.43. The van der Waals surface area contributed by atoms with Crippen LogP contribution in [0.15, 0.2) is 0 Å². The lowest BCUT2D eigenvalue weighted by atomic mass is 10.1. The number of likely N-dealkylation sites (tertiary alicyclic amines) is 1. The molecule has 132 valence electrons. The first-order chi connectivity index (χ1) is 11.6. The second kappa shape index (κ2) is 6.35. The van der Waals surface area contributed by atoms with Crippen LogP contribution in [-0.2, 0) is 19.1 Å². The molecule has 0 N–H and O–H groups in total. The van der Waals surface area contributed by atoms with Crippen molar-refractivity contribution in [1.82, 2.24) is 14.7 Å². The Bertz CT molecular complexity index is 534. The van der Waals surface area contributed by atoms with Crippen LogP contribution in [0.25, 0.3) is 0 Å². The molecule has 1 saturated carbocycles. The molecule has 0 aromatic carbocycles. The third-order valence-electron chi connectivity index (χ3n) is 5.60. The molecule has 7 nitrogen and oxygen atoms in total. The second-order valence-electron chi connectivity index (χ2n) is 7.33. The lowest BCUT2D eigenvalue weighted by Gasteiger charge is -2.36. The highest BCUT2D eigenvalue weighted by atomic mass is 16.5. The predicted octanol–water partition coefficient (Wildman–Crippen LogP) is -0.153. The Morgan fingerprint density at radius 2 is 1.62 bits per heavy atom. The maximum absolute atomic E-state index is 12.7. The topological polar surface area (TPSA) is 70.2 Å². The molecule has 4 rings (SSSR count). The molecule has 3 heterocycles. The minimum atomic E-state index is -0.285. The van der Waals surface area contributed by atoms with E-state index in [4.69, 9.17) is 4.74 Å². The van der Waals surface area contributed by atoms with E-state index in [2.05, 4.69) is 0 Å². The molecule has 4 fully saturated rings. The van der Waals surface area contributed by atoms with Gasteiger partial charge in [-0.05, 0) is 25.7 Å². The largest absolute Gasteiger partial charge is 0.368 e. The van der Waals surface area contributed by atoms with Crippen LogP contribution in [0.2, 0.25) is 0 Å². The Morgan fingerprint density at radius 1 is 0.958 bits per heavy atom. The third kappa shape index (κ3) is 3.01. The summed E-state index contributed by atoms with van der Waals surface area (Å²) in [5.74, 6) is 0.0767. The first-order valence-electron chi connectivity index (χ1n) is 9.12. The molecule has 2 atom stereocenters. The van der Waals surface area contributed by atoms with Gasteiger partial charge in [-0.15, -0.1) is 0 Å². The molecule has 0 radical (unpaired) electrons.